The molecule has 5 aromatic rings. The molecule has 0 aliphatic carbocycles. The highest BCUT2D eigenvalue weighted by atomic mass is 19.4. The van der Waals surface area contributed by atoms with E-state index in [1.54, 1.807) is 26.0 Å². The molecule has 0 spiro atoms. The third-order valence-electron chi connectivity index (χ3n) is 5.83. The maximum Gasteiger partial charge on any atom is 0.417 e. The molecule has 7 nitrogen and oxygen atoms in total. The molecule has 0 unspecified atom stereocenters. The standard InChI is InChI=1S/C23H17F3N4O3/c1-11-20(12(2)33-28-11)14-7-16(21-18(9-14)27-22(31)29(21)3)15-10-19-13(5-4-6-30(19)32)8-17(15)23(24,25)26/h4-10H,1-3H3,(H-,27,31,32)/p+1. The number of hydrogen-bond donors (Lipinski definition) is 2. The molecule has 0 radical (unpaired) electrons. The molecule has 0 aliphatic rings. The van der Waals surface area contributed by atoms with Gasteiger partial charge in [0.2, 0.25) is 6.20 Å². The Morgan fingerprint density at radius 3 is 2.58 bits per heavy atom. The fourth-order valence-corrected chi connectivity index (χ4v) is 4.34. The predicted octanol–water partition coefficient (Wildman–Crippen LogP) is 4.50. The minimum absolute atomic E-state index is 0.169. The lowest BCUT2D eigenvalue weighted by molar-refractivity contribution is -0.884. The van der Waals surface area contributed by atoms with E-state index in [0.29, 0.717) is 33.6 Å². The molecule has 10 heteroatoms. The number of fused-ring (bicyclic) bond motifs is 2. The van der Waals surface area contributed by atoms with Crippen molar-refractivity contribution < 1.29 is 27.6 Å². The first-order valence-corrected chi connectivity index (χ1v) is 9.97. The first-order valence-electron chi connectivity index (χ1n) is 9.97. The van der Waals surface area contributed by atoms with Crippen LogP contribution >= 0.6 is 0 Å². The Kier molecular flexibility index (Phi) is 4.39. The lowest BCUT2D eigenvalue weighted by Crippen LogP contribution is -2.30. The second-order valence-electron chi connectivity index (χ2n) is 7.92. The van der Waals surface area contributed by atoms with Gasteiger partial charge >= 0.3 is 11.9 Å². The van der Waals surface area contributed by atoms with Crippen LogP contribution in [0.1, 0.15) is 17.0 Å². The van der Waals surface area contributed by atoms with Crippen LogP contribution in [-0.2, 0) is 13.2 Å². The summed E-state index contributed by atoms with van der Waals surface area (Å²) >= 11 is 0. The number of halogens is 3. The van der Waals surface area contributed by atoms with Gasteiger partial charge in [-0.3, -0.25) is 9.77 Å². The number of aromatic amines is 1. The van der Waals surface area contributed by atoms with Gasteiger partial charge in [0.05, 0.1) is 27.7 Å². The molecule has 5 rings (SSSR count). The number of aromatic nitrogens is 4. The van der Waals surface area contributed by atoms with Gasteiger partial charge < -0.3 is 9.51 Å². The second kappa shape index (κ2) is 6.96. The molecule has 2 aromatic carbocycles. The van der Waals surface area contributed by atoms with Crippen LogP contribution in [0.3, 0.4) is 0 Å². The van der Waals surface area contributed by atoms with Crippen molar-refractivity contribution >= 4 is 21.9 Å². The number of hydrogen-bond acceptors (Lipinski definition) is 4. The Morgan fingerprint density at radius 2 is 1.91 bits per heavy atom. The number of benzene rings is 2. The summed E-state index contributed by atoms with van der Waals surface area (Å²) < 4.78 is 49.9. The number of pyridine rings is 1. The molecule has 3 heterocycles. The Bertz CT molecular complexity index is 1610. The summed E-state index contributed by atoms with van der Waals surface area (Å²) in [5.74, 6) is 0.499. The normalized spacial score (nSPS) is 12.2. The van der Waals surface area contributed by atoms with Crippen molar-refractivity contribution in [1.29, 1.82) is 0 Å². The van der Waals surface area contributed by atoms with Crippen LogP contribution < -0.4 is 10.4 Å². The SMILES string of the molecule is Cc1noc(C)c1-c1cc(-c2cc3c(ccc[n+]3O)cc2C(F)(F)F)c2c(c1)[nH]c(=O)n2C. The maximum atomic E-state index is 14.2. The van der Waals surface area contributed by atoms with Crippen LogP contribution in [-0.4, -0.2) is 19.9 Å². The minimum Gasteiger partial charge on any atom is -0.361 e. The van der Waals surface area contributed by atoms with E-state index in [-0.39, 0.29) is 22.0 Å². The molecule has 0 aliphatic heterocycles. The van der Waals surface area contributed by atoms with Crippen LogP contribution in [0.25, 0.3) is 44.2 Å². The second-order valence-corrected chi connectivity index (χ2v) is 7.92. The molecule has 3 aromatic heterocycles. The quantitative estimate of drug-likeness (QED) is 0.303. The molecule has 0 fully saturated rings. The average Bonchev–Trinajstić information content (AvgIpc) is 3.24. The fourth-order valence-electron chi connectivity index (χ4n) is 4.34. The van der Waals surface area contributed by atoms with Crippen LogP contribution in [0.15, 0.2) is 51.9 Å². The van der Waals surface area contributed by atoms with Crippen LogP contribution in [0.5, 0.6) is 0 Å². The zero-order valence-electron chi connectivity index (χ0n) is 17.8. The minimum atomic E-state index is -4.68. The van der Waals surface area contributed by atoms with E-state index >= 15 is 0 Å². The molecule has 0 atom stereocenters. The van der Waals surface area contributed by atoms with Crippen molar-refractivity contribution in [2.24, 2.45) is 7.05 Å². The van der Waals surface area contributed by atoms with Gasteiger partial charge in [-0.25, -0.2) is 4.79 Å². The van der Waals surface area contributed by atoms with Gasteiger partial charge in [-0.1, -0.05) is 5.16 Å². The van der Waals surface area contributed by atoms with Gasteiger partial charge in [-0.2, -0.15) is 13.2 Å². The summed E-state index contributed by atoms with van der Waals surface area (Å²) in [6.45, 7) is 3.44. The number of aryl methyl sites for hydroxylation is 3. The van der Waals surface area contributed by atoms with E-state index in [2.05, 4.69) is 10.1 Å². The summed E-state index contributed by atoms with van der Waals surface area (Å²) in [7, 11) is 1.49. The molecule has 0 bridgehead atoms. The highest BCUT2D eigenvalue weighted by Gasteiger charge is 2.36. The Balaban J connectivity index is 1.96. The molecule has 0 saturated heterocycles. The first kappa shape index (κ1) is 20.8. The summed E-state index contributed by atoms with van der Waals surface area (Å²) in [5, 5.41) is 14.4. The Labute approximate surface area is 184 Å². The first-order chi connectivity index (χ1) is 15.6. The van der Waals surface area contributed by atoms with Gasteiger partial charge in [0, 0.05) is 40.6 Å². The van der Waals surface area contributed by atoms with Gasteiger partial charge in [0.15, 0.2) is 0 Å². The molecule has 0 saturated carbocycles. The van der Waals surface area contributed by atoms with E-state index in [1.807, 2.05) is 0 Å². The number of H-pyrrole nitrogens is 1. The van der Waals surface area contributed by atoms with Gasteiger partial charge in [-0.05, 0) is 43.7 Å². The monoisotopic (exact) mass is 455 g/mol. The maximum absolute atomic E-state index is 14.2. The average molecular weight is 455 g/mol. The predicted molar refractivity (Wildman–Crippen MR) is 114 cm³/mol. The molecular formula is C23H18F3N4O3+. The van der Waals surface area contributed by atoms with Crippen molar-refractivity contribution in [3.05, 3.63) is 70.1 Å². The Morgan fingerprint density at radius 1 is 1.15 bits per heavy atom. The van der Waals surface area contributed by atoms with E-state index < -0.39 is 17.4 Å². The topological polar surface area (TPSA) is 87.9 Å². The molecule has 168 valence electrons. The fraction of sp³-hybridized carbons (Fsp3) is 0.174. The van der Waals surface area contributed by atoms with Gasteiger partial charge in [0.1, 0.15) is 5.76 Å². The van der Waals surface area contributed by atoms with Crippen molar-refractivity contribution in [3.8, 4) is 22.3 Å². The lowest BCUT2D eigenvalue weighted by Gasteiger charge is -2.16. The highest BCUT2D eigenvalue weighted by molar-refractivity contribution is 5.99. The smallest absolute Gasteiger partial charge is 0.361 e. The largest absolute Gasteiger partial charge is 0.417 e. The summed E-state index contributed by atoms with van der Waals surface area (Å²) in [6, 6.07) is 8.49. The third kappa shape index (κ3) is 3.17. The van der Waals surface area contributed by atoms with Crippen molar-refractivity contribution in [2.75, 3.05) is 0 Å². The van der Waals surface area contributed by atoms with E-state index in [4.69, 9.17) is 4.52 Å². The highest BCUT2D eigenvalue weighted by Crippen LogP contribution is 2.42. The zero-order chi connectivity index (χ0) is 23.7. The summed E-state index contributed by atoms with van der Waals surface area (Å²) in [5.41, 5.74) is 1.28. The lowest BCUT2D eigenvalue weighted by atomic mass is 9.92. The van der Waals surface area contributed by atoms with Crippen LogP contribution in [0.4, 0.5) is 13.2 Å². The summed E-state index contributed by atoms with van der Waals surface area (Å²) in [4.78, 5) is 15.1. The molecular weight excluding hydrogens is 437 g/mol. The molecule has 33 heavy (non-hydrogen) atoms. The van der Waals surface area contributed by atoms with Crippen LogP contribution in [0, 0.1) is 13.8 Å². The van der Waals surface area contributed by atoms with Gasteiger partial charge in [0.25, 0.3) is 5.52 Å². The van der Waals surface area contributed by atoms with Gasteiger partial charge in [-0.15, -0.1) is 0 Å². The number of nitrogens with one attached hydrogen (secondary N) is 1. The van der Waals surface area contributed by atoms with Crippen molar-refractivity contribution in [3.63, 3.8) is 0 Å². The number of alkyl halides is 3. The summed E-state index contributed by atoms with van der Waals surface area (Å²) in [6.07, 6.45) is -3.35. The Hall–Kier alpha value is -4.08. The number of imidazole rings is 1. The van der Waals surface area contributed by atoms with E-state index in [1.165, 1.54) is 36.0 Å². The van der Waals surface area contributed by atoms with Crippen LogP contribution in [0.2, 0.25) is 0 Å². The molecule has 2 N–H and O–H groups in total. The van der Waals surface area contributed by atoms with Crippen molar-refractivity contribution in [1.82, 2.24) is 14.7 Å². The zero-order valence-corrected chi connectivity index (χ0v) is 17.8. The number of rotatable bonds is 2. The number of nitrogens with zero attached hydrogens (tertiary/aromatic N) is 3. The third-order valence-corrected chi connectivity index (χ3v) is 5.83. The van der Waals surface area contributed by atoms with E-state index in [9.17, 15) is 23.2 Å². The molecule has 0 amide bonds. The van der Waals surface area contributed by atoms with Crippen molar-refractivity contribution in [2.45, 2.75) is 20.0 Å². The van der Waals surface area contributed by atoms with E-state index in [0.717, 1.165) is 10.8 Å².